The van der Waals surface area contributed by atoms with Crippen molar-refractivity contribution in [3.8, 4) is 5.75 Å². The molecule has 0 radical (unpaired) electrons. The summed E-state index contributed by atoms with van der Waals surface area (Å²) >= 11 is 0. The molecule has 20 heavy (non-hydrogen) atoms. The zero-order chi connectivity index (χ0) is 14.6. The highest BCUT2D eigenvalue weighted by atomic mass is 32.2. The van der Waals surface area contributed by atoms with Crippen LogP contribution in [0.25, 0.3) is 0 Å². The number of benzene rings is 2. The fourth-order valence-electron chi connectivity index (χ4n) is 1.81. The summed E-state index contributed by atoms with van der Waals surface area (Å²) in [5, 5.41) is 0. The predicted octanol–water partition coefficient (Wildman–Crippen LogP) is 3.19. The van der Waals surface area contributed by atoms with Gasteiger partial charge in [-0.2, -0.15) is 0 Å². The molecule has 106 valence electrons. The van der Waals surface area contributed by atoms with Crippen molar-refractivity contribution in [1.29, 1.82) is 0 Å². The van der Waals surface area contributed by atoms with Crippen LogP contribution in [0.4, 0.5) is 5.69 Å². The molecule has 2 aromatic rings. The summed E-state index contributed by atoms with van der Waals surface area (Å²) in [6, 6.07) is 13.6. The van der Waals surface area contributed by atoms with Crippen molar-refractivity contribution >= 4 is 15.7 Å². The molecular weight excluding hydrogens is 274 g/mol. The zero-order valence-electron chi connectivity index (χ0n) is 11.5. The third-order valence-corrected chi connectivity index (χ3v) is 4.19. The lowest BCUT2D eigenvalue weighted by atomic mass is 10.2. The van der Waals surface area contributed by atoms with Crippen molar-refractivity contribution in [2.45, 2.75) is 18.7 Å². The van der Waals surface area contributed by atoms with Crippen LogP contribution >= 0.6 is 0 Å². The molecule has 0 aliphatic carbocycles. The molecule has 0 aliphatic heterocycles. The van der Waals surface area contributed by atoms with Gasteiger partial charge in [-0.15, -0.1) is 0 Å². The molecule has 0 fully saturated rings. The SMILES string of the molecule is CCOc1ccc(NS(=O)(=O)c2ccccc2)c(C)c1. The average Bonchev–Trinajstić information content (AvgIpc) is 2.43. The second-order valence-electron chi connectivity index (χ2n) is 4.33. The maximum atomic E-state index is 12.2. The molecule has 0 atom stereocenters. The molecule has 0 amide bonds. The molecule has 0 aliphatic rings. The Bertz CT molecular complexity index is 682. The summed E-state index contributed by atoms with van der Waals surface area (Å²) in [5.74, 6) is 0.729. The molecule has 4 nitrogen and oxygen atoms in total. The second-order valence-corrected chi connectivity index (χ2v) is 6.01. The van der Waals surface area contributed by atoms with Crippen LogP contribution in [0.3, 0.4) is 0 Å². The van der Waals surface area contributed by atoms with Crippen molar-refractivity contribution in [3.63, 3.8) is 0 Å². The first kappa shape index (κ1) is 14.4. The van der Waals surface area contributed by atoms with E-state index in [4.69, 9.17) is 4.74 Å². The monoisotopic (exact) mass is 291 g/mol. The summed E-state index contributed by atoms with van der Waals surface area (Å²) in [4.78, 5) is 0.244. The van der Waals surface area contributed by atoms with Crippen LogP contribution in [0, 0.1) is 6.92 Å². The third-order valence-electron chi connectivity index (χ3n) is 2.81. The molecule has 2 aromatic carbocycles. The Labute approximate surface area is 119 Å². The van der Waals surface area contributed by atoms with E-state index in [1.54, 1.807) is 42.5 Å². The molecule has 2 rings (SSSR count). The zero-order valence-corrected chi connectivity index (χ0v) is 12.3. The minimum absolute atomic E-state index is 0.244. The predicted molar refractivity (Wildman–Crippen MR) is 79.6 cm³/mol. The maximum Gasteiger partial charge on any atom is 0.261 e. The van der Waals surface area contributed by atoms with Gasteiger partial charge in [0.2, 0.25) is 0 Å². The highest BCUT2D eigenvalue weighted by molar-refractivity contribution is 7.92. The molecule has 0 saturated heterocycles. The smallest absolute Gasteiger partial charge is 0.261 e. The van der Waals surface area contributed by atoms with Gasteiger partial charge in [-0.3, -0.25) is 4.72 Å². The summed E-state index contributed by atoms with van der Waals surface area (Å²) in [6.45, 7) is 4.32. The third kappa shape index (κ3) is 3.30. The Hall–Kier alpha value is -2.01. The first-order chi connectivity index (χ1) is 9.53. The van der Waals surface area contributed by atoms with Gasteiger partial charge < -0.3 is 4.74 Å². The van der Waals surface area contributed by atoms with E-state index in [0.717, 1.165) is 11.3 Å². The highest BCUT2D eigenvalue weighted by Crippen LogP contribution is 2.24. The van der Waals surface area contributed by atoms with Gasteiger partial charge in [0.1, 0.15) is 5.75 Å². The fourth-order valence-corrected chi connectivity index (χ4v) is 2.96. The number of anilines is 1. The summed E-state index contributed by atoms with van der Waals surface area (Å²) in [7, 11) is -3.55. The fraction of sp³-hybridized carbons (Fsp3) is 0.200. The quantitative estimate of drug-likeness (QED) is 0.920. The second kappa shape index (κ2) is 5.96. The lowest BCUT2D eigenvalue weighted by Crippen LogP contribution is -2.13. The normalized spacial score (nSPS) is 11.1. The van der Waals surface area contributed by atoms with Gasteiger partial charge in [-0.05, 0) is 49.7 Å². The van der Waals surface area contributed by atoms with Crippen molar-refractivity contribution in [3.05, 3.63) is 54.1 Å². The van der Waals surface area contributed by atoms with E-state index in [0.29, 0.717) is 12.3 Å². The van der Waals surface area contributed by atoms with E-state index < -0.39 is 10.0 Å². The number of sulfonamides is 1. The van der Waals surface area contributed by atoms with Gasteiger partial charge >= 0.3 is 0 Å². The van der Waals surface area contributed by atoms with E-state index in [-0.39, 0.29) is 4.90 Å². The van der Waals surface area contributed by atoms with Gasteiger partial charge in [0.15, 0.2) is 0 Å². The number of nitrogens with one attached hydrogen (secondary N) is 1. The molecule has 0 heterocycles. The highest BCUT2D eigenvalue weighted by Gasteiger charge is 2.14. The summed E-state index contributed by atoms with van der Waals surface area (Å²) < 4.78 is 32.4. The van der Waals surface area contributed by atoms with Gasteiger partial charge in [0.25, 0.3) is 10.0 Å². The van der Waals surface area contributed by atoms with Crippen molar-refractivity contribution in [2.24, 2.45) is 0 Å². The van der Waals surface area contributed by atoms with Crippen LogP contribution in [0.1, 0.15) is 12.5 Å². The Kier molecular flexibility index (Phi) is 4.29. The molecule has 5 heteroatoms. The Morgan fingerprint density at radius 3 is 2.40 bits per heavy atom. The lowest BCUT2D eigenvalue weighted by Gasteiger charge is -2.12. The number of aryl methyl sites for hydroxylation is 1. The van der Waals surface area contributed by atoms with Crippen molar-refractivity contribution in [2.75, 3.05) is 11.3 Å². The maximum absolute atomic E-state index is 12.2. The standard InChI is InChI=1S/C15H17NO3S/c1-3-19-13-9-10-15(12(2)11-13)16-20(17,18)14-7-5-4-6-8-14/h4-11,16H,3H2,1-2H3. The van der Waals surface area contributed by atoms with Gasteiger partial charge in [-0.25, -0.2) is 8.42 Å². The lowest BCUT2D eigenvalue weighted by molar-refractivity contribution is 0.340. The van der Waals surface area contributed by atoms with Crippen LogP contribution in [-0.2, 0) is 10.0 Å². The van der Waals surface area contributed by atoms with Gasteiger partial charge in [0, 0.05) is 0 Å². The van der Waals surface area contributed by atoms with Crippen LogP contribution in [0.2, 0.25) is 0 Å². The van der Waals surface area contributed by atoms with Crippen LogP contribution in [0.5, 0.6) is 5.75 Å². The van der Waals surface area contributed by atoms with Crippen molar-refractivity contribution in [1.82, 2.24) is 0 Å². The van der Waals surface area contributed by atoms with E-state index in [1.807, 2.05) is 19.9 Å². The molecule has 0 unspecified atom stereocenters. The van der Waals surface area contributed by atoms with E-state index in [2.05, 4.69) is 4.72 Å². The number of ether oxygens (including phenoxy) is 1. The first-order valence-corrected chi connectivity index (χ1v) is 7.82. The topological polar surface area (TPSA) is 55.4 Å². The van der Waals surface area contributed by atoms with Crippen LogP contribution < -0.4 is 9.46 Å². The molecule has 0 aromatic heterocycles. The molecular formula is C15H17NO3S. The first-order valence-electron chi connectivity index (χ1n) is 6.34. The Morgan fingerprint density at radius 2 is 1.80 bits per heavy atom. The van der Waals surface area contributed by atoms with E-state index in [1.165, 1.54) is 0 Å². The molecule has 1 N–H and O–H groups in total. The van der Waals surface area contributed by atoms with Crippen LogP contribution in [-0.4, -0.2) is 15.0 Å². The number of hydrogen-bond acceptors (Lipinski definition) is 3. The van der Waals surface area contributed by atoms with Gasteiger partial charge in [0.05, 0.1) is 17.2 Å². The minimum Gasteiger partial charge on any atom is -0.494 e. The Morgan fingerprint density at radius 1 is 1.10 bits per heavy atom. The minimum atomic E-state index is -3.55. The number of hydrogen-bond donors (Lipinski definition) is 1. The van der Waals surface area contributed by atoms with E-state index >= 15 is 0 Å². The Balaban J connectivity index is 2.26. The van der Waals surface area contributed by atoms with E-state index in [9.17, 15) is 8.42 Å². The largest absolute Gasteiger partial charge is 0.494 e. The molecule has 0 bridgehead atoms. The van der Waals surface area contributed by atoms with Crippen molar-refractivity contribution < 1.29 is 13.2 Å². The van der Waals surface area contributed by atoms with Crippen LogP contribution in [0.15, 0.2) is 53.4 Å². The summed E-state index contributed by atoms with van der Waals surface area (Å²) in [6.07, 6.45) is 0. The number of rotatable bonds is 5. The molecule has 0 saturated carbocycles. The average molecular weight is 291 g/mol. The molecule has 0 spiro atoms. The summed E-state index contributed by atoms with van der Waals surface area (Å²) in [5.41, 5.74) is 1.37. The van der Waals surface area contributed by atoms with Gasteiger partial charge in [-0.1, -0.05) is 18.2 Å².